The summed E-state index contributed by atoms with van der Waals surface area (Å²) in [6.45, 7) is 4.12. The normalized spacial score (nSPS) is 11.0. The van der Waals surface area contributed by atoms with E-state index in [0.717, 1.165) is 5.69 Å². The lowest BCUT2D eigenvalue weighted by Crippen LogP contribution is -2.00. The average molecular weight is 236 g/mol. The summed E-state index contributed by atoms with van der Waals surface area (Å²) in [6.07, 6.45) is 0. The Morgan fingerprint density at radius 1 is 1.31 bits per heavy atom. The predicted octanol–water partition coefficient (Wildman–Crippen LogP) is 3.80. The molecule has 0 aliphatic carbocycles. The highest BCUT2D eigenvalue weighted by atomic mass is 32.1. The molecule has 0 spiro atoms. The molecule has 4 heteroatoms. The molecular weight excluding hydrogens is 223 g/mol. The molecule has 0 radical (unpaired) electrons. The summed E-state index contributed by atoms with van der Waals surface area (Å²) in [6, 6.07) is 8.44. The van der Waals surface area contributed by atoms with Gasteiger partial charge in [0.25, 0.3) is 0 Å². The third-order valence-corrected chi connectivity index (χ3v) is 2.76. The Kier molecular flexibility index (Phi) is 2.92. The molecule has 0 fully saturated rings. The topological polar surface area (TPSA) is 20.7 Å². The van der Waals surface area contributed by atoms with Gasteiger partial charge in [0, 0.05) is 5.69 Å². The van der Waals surface area contributed by atoms with Crippen molar-refractivity contribution in [2.75, 3.05) is 0 Å². The zero-order valence-corrected chi connectivity index (χ0v) is 10.0. The first-order chi connectivity index (χ1) is 7.59. The number of aromatic nitrogens is 2. The molecule has 0 unspecified atom stereocenters. The van der Waals surface area contributed by atoms with Crippen molar-refractivity contribution >= 4 is 12.2 Å². The van der Waals surface area contributed by atoms with Gasteiger partial charge in [0.1, 0.15) is 10.5 Å². The summed E-state index contributed by atoms with van der Waals surface area (Å²) >= 11 is 5.20. The largest absolute Gasteiger partial charge is 0.297 e. The van der Waals surface area contributed by atoms with Gasteiger partial charge in [0.05, 0.1) is 5.69 Å². The van der Waals surface area contributed by atoms with Crippen LogP contribution in [0.4, 0.5) is 4.39 Å². The van der Waals surface area contributed by atoms with Crippen LogP contribution in [0, 0.1) is 10.5 Å². The molecule has 2 rings (SSSR count). The second-order valence-electron chi connectivity index (χ2n) is 3.99. The summed E-state index contributed by atoms with van der Waals surface area (Å²) in [7, 11) is 0. The van der Waals surface area contributed by atoms with Crippen LogP contribution in [0.15, 0.2) is 30.3 Å². The van der Waals surface area contributed by atoms with Crippen molar-refractivity contribution in [2.45, 2.75) is 19.8 Å². The van der Waals surface area contributed by atoms with Crippen molar-refractivity contribution in [1.29, 1.82) is 0 Å². The van der Waals surface area contributed by atoms with Crippen molar-refractivity contribution in [3.63, 3.8) is 0 Å². The third kappa shape index (κ3) is 1.93. The first kappa shape index (κ1) is 11.1. The fourth-order valence-corrected chi connectivity index (χ4v) is 1.79. The van der Waals surface area contributed by atoms with E-state index in [9.17, 15) is 4.39 Å². The highest BCUT2D eigenvalue weighted by molar-refractivity contribution is 7.71. The van der Waals surface area contributed by atoms with Gasteiger partial charge >= 0.3 is 0 Å². The molecular formula is C12H13FN2S. The Hall–Kier alpha value is -1.42. The Balaban J connectivity index is 2.57. The Labute approximate surface area is 98.7 Å². The molecule has 0 aliphatic heterocycles. The number of H-pyrrole nitrogens is 1. The van der Waals surface area contributed by atoms with E-state index in [0.29, 0.717) is 16.2 Å². The van der Waals surface area contributed by atoms with Gasteiger partial charge < -0.3 is 0 Å². The molecule has 0 saturated heterocycles. The van der Waals surface area contributed by atoms with Crippen molar-refractivity contribution in [3.8, 4) is 5.69 Å². The zero-order chi connectivity index (χ0) is 11.7. The molecule has 1 N–H and O–H groups in total. The first-order valence-electron chi connectivity index (χ1n) is 5.16. The minimum atomic E-state index is -0.282. The number of nitrogens with one attached hydrogen (secondary N) is 1. The monoisotopic (exact) mass is 236 g/mol. The Bertz CT molecular complexity index is 554. The van der Waals surface area contributed by atoms with Crippen molar-refractivity contribution < 1.29 is 4.39 Å². The van der Waals surface area contributed by atoms with Gasteiger partial charge in [-0.05, 0) is 24.1 Å². The molecule has 0 atom stereocenters. The van der Waals surface area contributed by atoms with E-state index in [1.54, 1.807) is 22.9 Å². The molecule has 0 aliphatic rings. The number of para-hydroxylation sites is 1. The fourth-order valence-electron chi connectivity index (χ4n) is 1.52. The summed E-state index contributed by atoms with van der Waals surface area (Å²) in [5.41, 5.74) is 1.47. The molecule has 0 saturated carbocycles. The molecule has 1 aromatic heterocycles. The molecule has 16 heavy (non-hydrogen) atoms. The fraction of sp³-hybridized carbons (Fsp3) is 0.250. The molecule has 2 aromatic rings. The van der Waals surface area contributed by atoms with Gasteiger partial charge in [-0.25, -0.2) is 9.07 Å². The number of rotatable bonds is 2. The van der Waals surface area contributed by atoms with E-state index in [2.05, 4.69) is 18.9 Å². The molecule has 1 heterocycles. The minimum Gasteiger partial charge on any atom is -0.297 e. The first-order valence-corrected chi connectivity index (χ1v) is 5.57. The van der Waals surface area contributed by atoms with E-state index >= 15 is 0 Å². The lowest BCUT2D eigenvalue weighted by molar-refractivity contribution is 0.607. The standard InChI is InChI=1S/C12H13FN2S/c1-8(2)10-7-12(16)15(14-10)11-6-4-3-5-9(11)13/h3-8,14H,1-2H3. The maximum atomic E-state index is 13.6. The highest BCUT2D eigenvalue weighted by Crippen LogP contribution is 2.17. The number of nitrogens with zero attached hydrogens (tertiary/aromatic N) is 1. The summed E-state index contributed by atoms with van der Waals surface area (Å²) < 4.78 is 15.8. The van der Waals surface area contributed by atoms with Crippen LogP contribution in [0.3, 0.4) is 0 Å². The van der Waals surface area contributed by atoms with Crippen LogP contribution in [-0.4, -0.2) is 9.78 Å². The third-order valence-electron chi connectivity index (χ3n) is 2.46. The quantitative estimate of drug-likeness (QED) is 0.787. The van der Waals surface area contributed by atoms with Gasteiger partial charge in [0.2, 0.25) is 0 Å². The smallest absolute Gasteiger partial charge is 0.148 e. The lowest BCUT2D eigenvalue weighted by Gasteiger charge is -2.05. The molecule has 2 nitrogen and oxygen atoms in total. The number of hydrogen-bond donors (Lipinski definition) is 1. The van der Waals surface area contributed by atoms with Crippen LogP contribution >= 0.6 is 12.2 Å². The van der Waals surface area contributed by atoms with Crippen LogP contribution in [0.1, 0.15) is 25.5 Å². The summed E-state index contributed by atoms with van der Waals surface area (Å²) in [5.74, 6) is 0.0606. The summed E-state index contributed by atoms with van der Waals surface area (Å²) in [5, 5.41) is 3.11. The number of aromatic amines is 1. The highest BCUT2D eigenvalue weighted by Gasteiger charge is 2.08. The van der Waals surface area contributed by atoms with Crippen LogP contribution in [0.2, 0.25) is 0 Å². The SMILES string of the molecule is CC(C)c1cc(=S)n(-c2ccccc2F)[nH]1. The average Bonchev–Trinajstić information content (AvgIpc) is 2.61. The van der Waals surface area contributed by atoms with Crippen LogP contribution in [-0.2, 0) is 0 Å². The maximum absolute atomic E-state index is 13.6. The van der Waals surface area contributed by atoms with E-state index in [1.807, 2.05) is 6.07 Å². The van der Waals surface area contributed by atoms with Crippen LogP contribution < -0.4 is 0 Å². The summed E-state index contributed by atoms with van der Waals surface area (Å²) in [4.78, 5) is 0. The molecule has 84 valence electrons. The number of hydrogen-bond acceptors (Lipinski definition) is 1. The van der Waals surface area contributed by atoms with Gasteiger partial charge in [0.15, 0.2) is 0 Å². The predicted molar refractivity (Wildman–Crippen MR) is 65.0 cm³/mol. The second-order valence-corrected chi connectivity index (χ2v) is 4.41. The van der Waals surface area contributed by atoms with E-state index in [-0.39, 0.29) is 5.82 Å². The van der Waals surface area contributed by atoms with Crippen molar-refractivity contribution in [3.05, 3.63) is 46.5 Å². The molecule has 1 aromatic carbocycles. The van der Waals surface area contributed by atoms with Gasteiger partial charge in [-0.1, -0.05) is 38.2 Å². The Morgan fingerprint density at radius 2 is 2.00 bits per heavy atom. The van der Waals surface area contributed by atoms with Crippen molar-refractivity contribution in [1.82, 2.24) is 9.78 Å². The molecule has 0 bridgehead atoms. The zero-order valence-electron chi connectivity index (χ0n) is 9.20. The molecule has 0 amide bonds. The Morgan fingerprint density at radius 3 is 2.56 bits per heavy atom. The number of benzene rings is 1. The second kappa shape index (κ2) is 4.22. The van der Waals surface area contributed by atoms with Gasteiger partial charge in [-0.15, -0.1) is 0 Å². The van der Waals surface area contributed by atoms with E-state index in [1.165, 1.54) is 6.07 Å². The van der Waals surface area contributed by atoms with Crippen LogP contribution in [0.5, 0.6) is 0 Å². The van der Waals surface area contributed by atoms with E-state index < -0.39 is 0 Å². The van der Waals surface area contributed by atoms with Gasteiger partial charge in [-0.2, -0.15) is 0 Å². The van der Waals surface area contributed by atoms with Gasteiger partial charge in [-0.3, -0.25) is 5.10 Å². The minimum absolute atomic E-state index is 0.282. The lowest BCUT2D eigenvalue weighted by atomic mass is 10.1. The maximum Gasteiger partial charge on any atom is 0.148 e. The van der Waals surface area contributed by atoms with E-state index in [4.69, 9.17) is 12.2 Å². The number of halogens is 1. The van der Waals surface area contributed by atoms with Crippen LogP contribution in [0.25, 0.3) is 5.69 Å². The van der Waals surface area contributed by atoms with Crippen molar-refractivity contribution in [2.24, 2.45) is 0 Å².